The number of hydrogen-bond acceptors (Lipinski definition) is 13. The monoisotopic (exact) mass is 602 g/mol. The van der Waals surface area contributed by atoms with Gasteiger partial charge in [0.2, 0.25) is 5.91 Å². The van der Waals surface area contributed by atoms with E-state index in [1.807, 2.05) is 6.08 Å². The Labute approximate surface area is 249 Å². The summed E-state index contributed by atoms with van der Waals surface area (Å²) in [7, 11) is 1.68. The Bertz CT molecular complexity index is 819. The van der Waals surface area contributed by atoms with E-state index in [9.17, 15) is 20.1 Å². The van der Waals surface area contributed by atoms with Gasteiger partial charge in [0.25, 0.3) is 0 Å². The third-order valence-corrected chi connectivity index (χ3v) is 8.10. The second-order valence-corrected chi connectivity index (χ2v) is 11.4. The summed E-state index contributed by atoms with van der Waals surface area (Å²) in [5.74, 6) is 0.531. The molecule has 10 atom stereocenters. The van der Waals surface area contributed by atoms with E-state index < -0.39 is 55.1 Å². The average Bonchev–Trinajstić information content (AvgIpc) is 3.51. The van der Waals surface area contributed by atoms with Crippen LogP contribution in [0.15, 0.2) is 11.8 Å². The van der Waals surface area contributed by atoms with Gasteiger partial charge in [-0.05, 0) is 65.2 Å². The first-order valence-corrected chi connectivity index (χ1v) is 15.4. The van der Waals surface area contributed by atoms with Gasteiger partial charge in [0.05, 0.1) is 25.8 Å². The summed E-state index contributed by atoms with van der Waals surface area (Å²) >= 11 is 0. The van der Waals surface area contributed by atoms with Crippen LogP contribution < -0.4 is 32.7 Å². The number of rotatable bonds is 18. The normalized spacial score (nSPS) is 32.1. The number of aliphatic hydroxyl groups is 3. The lowest BCUT2D eigenvalue weighted by Gasteiger charge is -2.46. The molecule has 0 bridgehead atoms. The second kappa shape index (κ2) is 18.4. The van der Waals surface area contributed by atoms with E-state index in [2.05, 4.69) is 21.3 Å². The Morgan fingerprint density at radius 3 is 2.81 bits per heavy atom. The maximum Gasteiger partial charge on any atom is 0.220 e. The number of ether oxygens (including phenoxy) is 4. The zero-order chi connectivity index (χ0) is 30.5. The molecule has 11 N–H and O–H groups in total. The van der Waals surface area contributed by atoms with Crippen LogP contribution in [0.3, 0.4) is 0 Å². The molecule has 2 aliphatic heterocycles. The highest BCUT2D eigenvalue weighted by Crippen LogP contribution is 2.30. The molecule has 14 heteroatoms. The molecule has 244 valence electrons. The Morgan fingerprint density at radius 1 is 1.31 bits per heavy atom. The molecule has 2 fully saturated rings. The quantitative estimate of drug-likeness (QED) is 0.0758. The summed E-state index contributed by atoms with van der Waals surface area (Å²) < 4.78 is 24.2. The average molecular weight is 603 g/mol. The van der Waals surface area contributed by atoms with Gasteiger partial charge < -0.3 is 67.0 Å². The van der Waals surface area contributed by atoms with Crippen LogP contribution in [0, 0.1) is 0 Å². The SMILES string of the molecule is CN[C@@H](C)[C@@H](O)[C@H](OCCO)O[C@@H]1[C@@H](O)[C@H](O[C@@H]2CCC=C(CNCC3CCCN3)O2)[C@@H](N)C[C@H]1NC(=O)CCCN. The number of carbonyl (C=O) groups excluding carboxylic acids is 1. The largest absolute Gasteiger partial charge is 0.468 e. The van der Waals surface area contributed by atoms with Gasteiger partial charge in [-0.2, -0.15) is 0 Å². The van der Waals surface area contributed by atoms with Gasteiger partial charge in [0, 0.05) is 37.5 Å². The Balaban J connectivity index is 1.68. The van der Waals surface area contributed by atoms with Crippen molar-refractivity contribution in [2.45, 2.75) is 113 Å². The van der Waals surface area contributed by atoms with Crippen LogP contribution in [0.5, 0.6) is 0 Å². The van der Waals surface area contributed by atoms with Gasteiger partial charge in [-0.3, -0.25) is 4.79 Å². The predicted molar refractivity (Wildman–Crippen MR) is 156 cm³/mol. The topological polar surface area (TPSA) is 215 Å². The van der Waals surface area contributed by atoms with E-state index in [1.54, 1.807) is 14.0 Å². The van der Waals surface area contributed by atoms with Crippen molar-refractivity contribution < 1.29 is 39.1 Å². The van der Waals surface area contributed by atoms with Crippen LogP contribution in [0.1, 0.15) is 51.9 Å². The number of aliphatic hydroxyl groups excluding tert-OH is 3. The molecule has 14 nitrogen and oxygen atoms in total. The highest BCUT2D eigenvalue weighted by Gasteiger charge is 2.48. The van der Waals surface area contributed by atoms with Gasteiger partial charge in [-0.25, -0.2) is 0 Å². The molecule has 0 radical (unpaired) electrons. The molecular formula is C28H54N6O8. The van der Waals surface area contributed by atoms with Crippen molar-refractivity contribution in [2.75, 3.05) is 46.4 Å². The third-order valence-electron chi connectivity index (χ3n) is 8.10. The van der Waals surface area contributed by atoms with Crippen LogP contribution in [0.2, 0.25) is 0 Å². The Morgan fingerprint density at radius 2 is 2.12 bits per heavy atom. The fourth-order valence-corrected chi connectivity index (χ4v) is 5.57. The summed E-state index contributed by atoms with van der Waals surface area (Å²) in [6.07, 6.45) is 0.554. The molecule has 1 unspecified atom stereocenters. The van der Waals surface area contributed by atoms with Gasteiger partial charge in [-0.15, -0.1) is 0 Å². The van der Waals surface area contributed by atoms with Crippen LogP contribution in [-0.4, -0.2) is 129 Å². The number of likely N-dealkylation sites (N-methyl/N-ethyl adjacent to an activating group) is 1. The van der Waals surface area contributed by atoms with Crippen LogP contribution >= 0.6 is 0 Å². The summed E-state index contributed by atoms with van der Waals surface area (Å²) in [4.78, 5) is 12.6. The molecule has 3 rings (SSSR count). The molecule has 0 spiro atoms. The predicted octanol–water partition coefficient (Wildman–Crippen LogP) is -2.26. The Kier molecular flexibility index (Phi) is 15.4. The van der Waals surface area contributed by atoms with Gasteiger partial charge in [0.15, 0.2) is 12.6 Å². The van der Waals surface area contributed by atoms with E-state index in [1.165, 1.54) is 6.42 Å². The van der Waals surface area contributed by atoms with E-state index >= 15 is 0 Å². The maximum absolute atomic E-state index is 12.6. The first-order chi connectivity index (χ1) is 20.3. The van der Waals surface area contributed by atoms with Gasteiger partial charge >= 0.3 is 0 Å². The van der Waals surface area contributed by atoms with Gasteiger partial charge in [-0.1, -0.05) is 0 Å². The molecule has 2 heterocycles. The molecule has 1 saturated carbocycles. The Hall–Kier alpha value is -1.43. The lowest BCUT2D eigenvalue weighted by Crippen LogP contribution is -2.66. The lowest BCUT2D eigenvalue weighted by molar-refractivity contribution is -0.271. The number of carbonyl (C=O) groups is 1. The highest BCUT2D eigenvalue weighted by molar-refractivity contribution is 5.76. The second-order valence-electron chi connectivity index (χ2n) is 11.4. The minimum absolute atomic E-state index is 0.0934. The lowest BCUT2D eigenvalue weighted by atomic mass is 9.83. The molecule has 1 saturated heterocycles. The summed E-state index contributed by atoms with van der Waals surface area (Å²) in [6.45, 7) is 4.22. The third kappa shape index (κ3) is 10.6. The maximum atomic E-state index is 12.6. The minimum Gasteiger partial charge on any atom is -0.468 e. The number of nitrogens with one attached hydrogen (secondary N) is 4. The summed E-state index contributed by atoms with van der Waals surface area (Å²) in [6, 6.07) is -1.28. The van der Waals surface area contributed by atoms with Crippen molar-refractivity contribution in [2.24, 2.45) is 11.5 Å². The molecule has 3 aliphatic rings. The fraction of sp³-hybridized carbons (Fsp3) is 0.893. The molecule has 42 heavy (non-hydrogen) atoms. The zero-order valence-corrected chi connectivity index (χ0v) is 25.1. The van der Waals surface area contributed by atoms with Gasteiger partial charge in [0.1, 0.15) is 30.2 Å². The van der Waals surface area contributed by atoms with Crippen LogP contribution in [0.25, 0.3) is 0 Å². The molecule has 1 aliphatic carbocycles. The fourth-order valence-electron chi connectivity index (χ4n) is 5.57. The van der Waals surface area contributed by atoms with Crippen molar-refractivity contribution >= 4 is 5.91 Å². The highest BCUT2D eigenvalue weighted by atomic mass is 16.7. The number of nitrogens with two attached hydrogens (primary N) is 2. The standard InChI is InChI=1S/C28H54N6O8/c1-17(31-2)24(37)28(39-13-12-35)42-27-21(34-22(36)8-4-10-29)14-20(30)26(25(27)38)41-23-9-3-7-19(40-23)16-32-15-18-6-5-11-33-18/h7,17-18,20-21,23-28,31-33,35,37-38H,3-6,8-16,29-30H2,1-2H3,(H,34,36)/t17-,18?,20-,21+,23+,24+,25-,26+,27-,28+/m0/s1. The van der Waals surface area contributed by atoms with Crippen molar-refractivity contribution in [3.8, 4) is 0 Å². The van der Waals surface area contributed by atoms with Crippen molar-refractivity contribution in [3.63, 3.8) is 0 Å². The first-order valence-electron chi connectivity index (χ1n) is 15.4. The van der Waals surface area contributed by atoms with E-state index in [0.29, 0.717) is 32.0 Å². The molecule has 0 aromatic carbocycles. The minimum atomic E-state index is -1.28. The molecular weight excluding hydrogens is 548 g/mol. The van der Waals surface area contributed by atoms with E-state index in [4.69, 9.17) is 30.4 Å². The van der Waals surface area contributed by atoms with Crippen LogP contribution in [-0.2, 0) is 23.7 Å². The summed E-state index contributed by atoms with van der Waals surface area (Å²) in [5.41, 5.74) is 12.1. The molecule has 1 amide bonds. The number of allylic oxidation sites excluding steroid dienone is 1. The van der Waals surface area contributed by atoms with E-state index in [0.717, 1.165) is 31.7 Å². The zero-order valence-electron chi connectivity index (χ0n) is 25.1. The molecule has 0 aromatic heterocycles. The smallest absolute Gasteiger partial charge is 0.220 e. The van der Waals surface area contributed by atoms with Crippen molar-refractivity contribution in [3.05, 3.63) is 11.8 Å². The summed E-state index contributed by atoms with van der Waals surface area (Å²) in [5, 5.41) is 44.6. The number of amides is 1. The molecule has 0 aromatic rings. The van der Waals surface area contributed by atoms with E-state index in [-0.39, 0.29) is 32.0 Å². The van der Waals surface area contributed by atoms with Crippen molar-refractivity contribution in [1.82, 2.24) is 21.3 Å². The van der Waals surface area contributed by atoms with Crippen molar-refractivity contribution in [1.29, 1.82) is 0 Å². The number of hydrogen-bond donors (Lipinski definition) is 9. The first kappa shape index (κ1) is 35.1. The van der Waals surface area contributed by atoms with Crippen LogP contribution in [0.4, 0.5) is 0 Å².